The van der Waals surface area contributed by atoms with Gasteiger partial charge >= 0.3 is 5.69 Å². The highest BCUT2D eigenvalue weighted by Crippen LogP contribution is 2.57. The Morgan fingerprint density at radius 1 is 1.43 bits per heavy atom. The molecule has 1 aromatic heterocycles. The number of thioether (sulfide) groups is 1. The molecule has 1 aromatic rings. The number of rotatable bonds is 1. The van der Waals surface area contributed by atoms with Gasteiger partial charge in [0, 0.05) is 22.8 Å². The molecule has 2 aliphatic rings. The average Bonchev–Trinajstić information content (AvgIpc) is 2.81. The van der Waals surface area contributed by atoms with Gasteiger partial charge in [-0.3, -0.25) is 14.3 Å². The van der Waals surface area contributed by atoms with E-state index >= 15 is 0 Å². The summed E-state index contributed by atoms with van der Waals surface area (Å²) in [7, 11) is 0. The average molecular weight is 210 g/mol. The molecule has 1 aliphatic carbocycles. The number of nitrogens with one attached hydrogen (secondary N) is 1. The van der Waals surface area contributed by atoms with E-state index in [1.807, 2.05) is 11.8 Å². The van der Waals surface area contributed by atoms with Gasteiger partial charge in [0.2, 0.25) is 0 Å². The number of hydrogen-bond donors (Lipinski definition) is 1. The van der Waals surface area contributed by atoms with E-state index in [-0.39, 0.29) is 11.2 Å². The van der Waals surface area contributed by atoms with E-state index in [4.69, 9.17) is 0 Å². The van der Waals surface area contributed by atoms with E-state index < -0.39 is 0 Å². The lowest BCUT2D eigenvalue weighted by molar-refractivity contribution is 0.507. The molecular weight excluding hydrogens is 200 g/mol. The minimum absolute atomic E-state index is 0.268. The second-order valence-corrected chi connectivity index (χ2v) is 5.22. The van der Waals surface area contributed by atoms with Gasteiger partial charge in [0.25, 0.3) is 5.56 Å². The van der Waals surface area contributed by atoms with Crippen LogP contribution in [-0.2, 0) is 0 Å². The summed E-state index contributed by atoms with van der Waals surface area (Å²) in [5.41, 5.74) is -0.583. The van der Waals surface area contributed by atoms with Crippen LogP contribution in [0.1, 0.15) is 18.9 Å². The number of hydrogen-bond acceptors (Lipinski definition) is 3. The predicted octanol–water partition coefficient (Wildman–Crippen LogP) is 0.355. The fourth-order valence-corrected chi connectivity index (χ4v) is 3.56. The van der Waals surface area contributed by atoms with E-state index in [1.54, 1.807) is 10.8 Å². The predicted molar refractivity (Wildman–Crippen MR) is 54.8 cm³/mol. The molecule has 0 radical (unpaired) electrons. The summed E-state index contributed by atoms with van der Waals surface area (Å²) in [5, 5.41) is 1.37. The van der Waals surface area contributed by atoms with Gasteiger partial charge in [0.15, 0.2) is 0 Å². The van der Waals surface area contributed by atoms with Crippen molar-refractivity contribution in [1.82, 2.24) is 9.55 Å². The third kappa shape index (κ3) is 1.15. The highest BCUT2D eigenvalue weighted by molar-refractivity contribution is 8.07. The third-order valence-corrected chi connectivity index (χ3v) is 4.48. The summed E-state index contributed by atoms with van der Waals surface area (Å²) >= 11 is 1.94. The van der Waals surface area contributed by atoms with Crippen LogP contribution in [0.5, 0.6) is 0 Å². The molecule has 1 aliphatic heterocycles. The van der Waals surface area contributed by atoms with Gasteiger partial charge in [-0.05, 0) is 12.8 Å². The maximum Gasteiger partial charge on any atom is 0.328 e. The zero-order valence-electron chi connectivity index (χ0n) is 7.47. The largest absolute Gasteiger partial charge is 0.328 e. The van der Waals surface area contributed by atoms with Crippen molar-refractivity contribution < 1.29 is 0 Å². The van der Waals surface area contributed by atoms with Crippen molar-refractivity contribution in [2.75, 3.05) is 0 Å². The monoisotopic (exact) mass is 210 g/mol. The lowest BCUT2D eigenvalue weighted by Gasteiger charge is -2.13. The fraction of sp³-hybridized carbons (Fsp3) is 0.556. The highest BCUT2D eigenvalue weighted by atomic mass is 32.2. The normalized spacial score (nSPS) is 34.1. The summed E-state index contributed by atoms with van der Waals surface area (Å²) in [4.78, 5) is 24.7. The Labute approximate surface area is 84.3 Å². The van der Waals surface area contributed by atoms with E-state index in [1.165, 1.54) is 12.5 Å². The van der Waals surface area contributed by atoms with Crippen molar-refractivity contribution in [3.05, 3.63) is 33.1 Å². The topological polar surface area (TPSA) is 54.9 Å². The molecule has 0 spiro atoms. The second kappa shape index (κ2) is 2.76. The third-order valence-electron chi connectivity index (χ3n) is 2.96. The van der Waals surface area contributed by atoms with Gasteiger partial charge in [0.05, 0.1) is 6.04 Å². The molecule has 0 amide bonds. The maximum atomic E-state index is 11.5. The molecule has 4 nitrogen and oxygen atoms in total. The maximum absolute atomic E-state index is 11.5. The Balaban J connectivity index is 2.03. The van der Waals surface area contributed by atoms with Crippen LogP contribution in [0, 0.1) is 0 Å². The first-order valence-electron chi connectivity index (χ1n) is 4.72. The molecule has 0 bridgehead atoms. The van der Waals surface area contributed by atoms with Crippen LogP contribution in [-0.4, -0.2) is 20.1 Å². The molecule has 0 unspecified atom stereocenters. The summed E-state index contributed by atoms with van der Waals surface area (Å²) < 4.78 is 1.67. The summed E-state index contributed by atoms with van der Waals surface area (Å²) in [6, 6.07) is 1.72. The van der Waals surface area contributed by atoms with Gasteiger partial charge in [0.1, 0.15) is 0 Å². The first kappa shape index (κ1) is 8.35. The first-order chi connectivity index (χ1) is 6.75. The van der Waals surface area contributed by atoms with Crippen LogP contribution in [0.3, 0.4) is 0 Å². The molecule has 3 atom stereocenters. The van der Waals surface area contributed by atoms with E-state index in [0.29, 0.717) is 11.3 Å². The summed E-state index contributed by atoms with van der Waals surface area (Å²) in [6.07, 6.45) is 3.88. The lowest BCUT2D eigenvalue weighted by atomic mass is 10.2. The van der Waals surface area contributed by atoms with Gasteiger partial charge < -0.3 is 0 Å². The fourth-order valence-electron chi connectivity index (χ4n) is 2.21. The molecular formula is C9H10N2O2S. The molecule has 3 rings (SSSR count). The highest BCUT2D eigenvalue weighted by Gasteiger charge is 2.50. The quantitative estimate of drug-likeness (QED) is 0.681. The smallest absolute Gasteiger partial charge is 0.296 e. The van der Waals surface area contributed by atoms with Crippen molar-refractivity contribution >= 4 is 11.8 Å². The molecule has 1 N–H and O–H groups in total. The van der Waals surface area contributed by atoms with Crippen LogP contribution in [0.2, 0.25) is 0 Å². The van der Waals surface area contributed by atoms with E-state index in [9.17, 15) is 9.59 Å². The molecule has 1 saturated carbocycles. The second-order valence-electron chi connectivity index (χ2n) is 3.80. The summed E-state index contributed by atoms with van der Waals surface area (Å²) in [6.45, 7) is 0. The number of aromatic amines is 1. The molecule has 2 heterocycles. The van der Waals surface area contributed by atoms with E-state index in [0.717, 1.165) is 11.7 Å². The Bertz CT molecular complexity index is 478. The van der Waals surface area contributed by atoms with Crippen LogP contribution >= 0.6 is 11.8 Å². The zero-order chi connectivity index (χ0) is 9.71. The first-order valence-corrected chi connectivity index (χ1v) is 5.67. The molecule has 2 fully saturated rings. The molecule has 1 saturated heterocycles. The Kier molecular flexibility index (Phi) is 1.65. The molecule has 5 heteroatoms. The molecule has 74 valence electrons. The van der Waals surface area contributed by atoms with Crippen molar-refractivity contribution in [3.63, 3.8) is 0 Å². The van der Waals surface area contributed by atoms with E-state index in [2.05, 4.69) is 4.98 Å². The minimum atomic E-state index is -0.316. The van der Waals surface area contributed by atoms with Crippen LogP contribution < -0.4 is 11.2 Å². The van der Waals surface area contributed by atoms with Crippen molar-refractivity contribution in [2.45, 2.75) is 29.4 Å². The van der Waals surface area contributed by atoms with Crippen molar-refractivity contribution in [2.24, 2.45) is 0 Å². The Morgan fingerprint density at radius 2 is 2.29 bits per heavy atom. The SMILES string of the molecule is O=c1ccn([C@H]2CC[C@@H]3S[C@@H]32)c(=O)[nH]1. The minimum Gasteiger partial charge on any atom is -0.296 e. The standard InChI is InChI=1S/C9H10N2O2S/c12-7-3-4-11(9(13)10-7)5-1-2-6-8(5)14-6/h3-6,8H,1-2H2,(H,10,12,13)/t5-,6-,8+/m0/s1. The zero-order valence-corrected chi connectivity index (χ0v) is 8.29. The Hall–Kier alpha value is -0.970. The lowest BCUT2D eigenvalue weighted by Crippen LogP contribution is -2.32. The Morgan fingerprint density at radius 3 is 2.86 bits per heavy atom. The van der Waals surface area contributed by atoms with Crippen LogP contribution in [0.4, 0.5) is 0 Å². The number of fused-ring (bicyclic) bond motifs is 1. The van der Waals surface area contributed by atoms with Crippen molar-refractivity contribution in [1.29, 1.82) is 0 Å². The van der Waals surface area contributed by atoms with Gasteiger partial charge in [-0.25, -0.2) is 4.79 Å². The van der Waals surface area contributed by atoms with Gasteiger partial charge in [-0.1, -0.05) is 0 Å². The van der Waals surface area contributed by atoms with Gasteiger partial charge in [-0.15, -0.1) is 0 Å². The summed E-state index contributed by atoms with van der Waals surface area (Å²) in [5.74, 6) is 0. The van der Waals surface area contributed by atoms with Crippen LogP contribution in [0.25, 0.3) is 0 Å². The molecule has 0 aromatic carbocycles. The van der Waals surface area contributed by atoms with Gasteiger partial charge in [-0.2, -0.15) is 11.8 Å². The number of nitrogens with zero attached hydrogens (tertiary/aromatic N) is 1. The number of aromatic nitrogens is 2. The van der Waals surface area contributed by atoms with Crippen LogP contribution in [0.15, 0.2) is 21.9 Å². The van der Waals surface area contributed by atoms with Crippen molar-refractivity contribution in [3.8, 4) is 0 Å². The molecule has 14 heavy (non-hydrogen) atoms. The number of H-pyrrole nitrogens is 1.